The van der Waals surface area contributed by atoms with Gasteiger partial charge in [0.25, 0.3) is 0 Å². The molecule has 1 N–H and O–H groups in total. The van der Waals surface area contributed by atoms with Gasteiger partial charge in [-0.2, -0.15) is 0 Å². The number of amides is 1. The Balaban J connectivity index is 1.23. The normalized spacial score (nSPS) is 14.9. The first-order valence-corrected chi connectivity index (χ1v) is 12.9. The molecule has 7 heteroatoms. The molecule has 1 saturated heterocycles. The third-order valence-corrected chi connectivity index (χ3v) is 7.19. The lowest BCUT2D eigenvalue weighted by molar-refractivity contribution is -0.114. The highest BCUT2D eigenvalue weighted by molar-refractivity contribution is 6.30. The van der Waals surface area contributed by atoms with E-state index in [-0.39, 0.29) is 11.7 Å². The predicted octanol–water partition coefficient (Wildman–Crippen LogP) is 6.72. The van der Waals surface area contributed by atoms with E-state index < -0.39 is 0 Å². The summed E-state index contributed by atoms with van der Waals surface area (Å²) in [7, 11) is 0. The van der Waals surface area contributed by atoms with E-state index >= 15 is 0 Å². The van der Waals surface area contributed by atoms with Gasteiger partial charge in [-0.05, 0) is 105 Å². The summed E-state index contributed by atoms with van der Waals surface area (Å²) >= 11 is 6.09. The molecule has 0 spiro atoms. The maximum Gasteiger partial charge on any atom is 0.221 e. The zero-order valence-corrected chi connectivity index (χ0v) is 21.1. The molecule has 1 aromatic heterocycles. The number of nitrogens with one attached hydrogen (secondary N) is 1. The number of piperidine rings is 1. The van der Waals surface area contributed by atoms with Crippen LogP contribution in [0.3, 0.4) is 0 Å². The topological polar surface area (TPSA) is 50.2 Å². The number of hydrogen-bond acceptors (Lipinski definition) is 3. The Morgan fingerprint density at radius 3 is 2.58 bits per heavy atom. The molecule has 2 heterocycles. The van der Waals surface area contributed by atoms with Crippen molar-refractivity contribution in [1.29, 1.82) is 0 Å². The third kappa shape index (κ3) is 5.61. The van der Waals surface area contributed by atoms with Crippen LogP contribution in [0.25, 0.3) is 22.4 Å². The molecule has 4 aromatic rings. The van der Waals surface area contributed by atoms with E-state index in [2.05, 4.69) is 26.9 Å². The summed E-state index contributed by atoms with van der Waals surface area (Å²) in [6.07, 6.45) is 3.14. The molecule has 5 nitrogen and oxygen atoms in total. The van der Waals surface area contributed by atoms with E-state index in [1.165, 1.54) is 18.6 Å². The number of carbonyl (C=O) groups excluding carboxylic acids is 1. The van der Waals surface area contributed by atoms with Gasteiger partial charge in [-0.3, -0.25) is 4.79 Å². The highest BCUT2D eigenvalue weighted by Crippen LogP contribution is 2.30. The molecule has 36 heavy (non-hydrogen) atoms. The Hall–Kier alpha value is -3.22. The molecule has 5 rings (SSSR count). The van der Waals surface area contributed by atoms with Gasteiger partial charge in [0.15, 0.2) is 0 Å². The maximum atomic E-state index is 14.1. The Kier molecular flexibility index (Phi) is 7.35. The van der Waals surface area contributed by atoms with Crippen molar-refractivity contribution >= 4 is 34.2 Å². The molecule has 0 bridgehead atoms. The molecule has 1 amide bonds. The molecule has 0 radical (unpaired) electrons. The van der Waals surface area contributed by atoms with Crippen molar-refractivity contribution in [1.82, 2.24) is 14.5 Å². The summed E-state index contributed by atoms with van der Waals surface area (Å²) in [6, 6.07) is 20.6. The van der Waals surface area contributed by atoms with Gasteiger partial charge in [-0.25, -0.2) is 9.37 Å². The molecule has 1 aliphatic rings. The smallest absolute Gasteiger partial charge is 0.221 e. The summed E-state index contributed by atoms with van der Waals surface area (Å²) in [5.74, 6) is 1.04. The Bertz CT molecular complexity index is 1360. The van der Waals surface area contributed by atoms with Crippen molar-refractivity contribution in [3.05, 3.63) is 83.1 Å². The monoisotopic (exact) mass is 504 g/mol. The van der Waals surface area contributed by atoms with E-state index in [4.69, 9.17) is 16.6 Å². The number of imidazole rings is 1. The lowest BCUT2D eigenvalue weighted by Gasteiger charge is -2.32. The van der Waals surface area contributed by atoms with Crippen molar-refractivity contribution in [2.45, 2.75) is 38.6 Å². The van der Waals surface area contributed by atoms with Crippen LogP contribution in [-0.4, -0.2) is 40.0 Å². The van der Waals surface area contributed by atoms with E-state index in [0.717, 1.165) is 73.6 Å². The average molecular weight is 505 g/mol. The van der Waals surface area contributed by atoms with Gasteiger partial charge in [0.1, 0.15) is 11.6 Å². The van der Waals surface area contributed by atoms with Gasteiger partial charge in [0.2, 0.25) is 5.91 Å². The van der Waals surface area contributed by atoms with Gasteiger partial charge < -0.3 is 14.8 Å². The van der Waals surface area contributed by atoms with Gasteiger partial charge >= 0.3 is 0 Å². The molecule has 0 atom stereocenters. The zero-order valence-electron chi connectivity index (χ0n) is 20.4. The minimum Gasteiger partial charge on any atom is -0.326 e. The van der Waals surface area contributed by atoms with Crippen LogP contribution in [-0.2, 0) is 11.3 Å². The summed E-state index contributed by atoms with van der Waals surface area (Å²) < 4.78 is 16.2. The van der Waals surface area contributed by atoms with Crippen LogP contribution in [0, 0.1) is 5.82 Å². The second-order valence-electron chi connectivity index (χ2n) is 9.50. The summed E-state index contributed by atoms with van der Waals surface area (Å²) in [5.41, 5.74) is 4.74. The number of anilines is 1. The molecule has 0 aliphatic carbocycles. The largest absolute Gasteiger partial charge is 0.326 e. The fraction of sp³-hybridized carbons (Fsp3) is 0.310. The van der Waals surface area contributed by atoms with Gasteiger partial charge in [0, 0.05) is 29.7 Å². The number of hydrogen-bond donors (Lipinski definition) is 1. The number of likely N-dealkylation sites (tertiary alicyclic amines) is 1. The summed E-state index contributed by atoms with van der Waals surface area (Å²) in [5, 5.41) is 3.56. The first kappa shape index (κ1) is 24.5. The quantitative estimate of drug-likeness (QED) is 0.304. The molecule has 1 fully saturated rings. The number of fused-ring (bicyclic) bond motifs is 1. The van der Waals surface area contributed by atoms with Crippen LogP contribution >= 0.6 is 11.6 Å². The Morgan fingerprint density at radius 1 is 1.06 bits per heavy atom. The number of aromatic nitrogens is 2. The van der Waals surface area contributed by atoms with E-state index in [1.54, 1.807) is 12.1 Å². The number of carbonyl (C=O) groups is 1. The van der Waals surface area contributed by atoms with E-state index in [1.807, 2.05) is 36.4 Å². The molecule has 0 saturated carbocycles. The molecule has 1 aliphatic heterocycles. The van der Waals surface area contributed by atoms with Gasteiger partial charge in [-0.15, -0.1) is 0 Å². The molecule has 3 aromatic carbocycles. The fourth-order valence-electron chi connectivity index (χ4n) is 5.16. The highest BCUT2D eigenvalue weighted by atomic mass is 35.5. The number of benzene rings is 3. The van der Waals surface area contributed by atoms with Gasteiger partial charge in [0.05, 0.1) is 11.0 Å². The second-order valence-corrected chi connectivity index (χ2v) is 9.94. The fourth-order valence-corrected chi connectivity index (χ4v) is 5.28. The van der Waals surface area contributed by atoms with Crippen LogP contribution in [0.1, 0.15) is 37.7 Å². The summed E-state index contributed by atoms with van der Waals surface area (Å²) in [6.45, 7) is 5.35. The Morgan fingerprint density at radius 2 is 1.83 bits per heavy atom. The SMILES string of the molecule is CC(=O)Nc1cccc(C2CCN(CCCn3c(-c4ccc(Cl)cc4)nc4ccc(F)cc43)CC2)c1. The maximum absolute atomic E-state index is 14.1. The first-order chi connectivity index (χ1) is 17.5. The van der Waals surface area contributed by atoms with E-state index in [9.17, 15) is 9.18 Å². The van der Waals surface area contributed by atoms with Gasteiger partial charge in [-0.1, -0.05) is 23.7 Å². The molecule has 0 unspecified atom stereocenters. The van der Waals surface area contributed by atoms with Crippen LogP contribution in [0.15, 0.2) is 66.7 Å². The number of nitrogens with zero attached hydrogens (tertiary/aromatic N) is 3. The number of halogens is 2. The first-order valence-electron chi connectivity index (χ1n) is 12.5. The van der Waals surface area contributed by atoms with Crippen molar-refractivity contribution in [2.24, 2.45) is 0 Å². The van der Waals surface area contributed by atoms with Crippen LogP contribution in [0.4, 0.5) is 10.1 Å². The van der Waals surface area contributed by atoms with Crippen LogP contribution < -0.4 is 5.32 Å². The van der Waals surface area contributed by atoms with Crippen molar-refractivity contribution in [3.63, 3.8) is 0 Å². The zero-order chi connectivity index (χ0) is 25.1. The standard InChI is InChI=1S/C29H30ClFN4O/c1-20(36)32-26-5-2-4-23(18-26)21-12-16-34(17-13-21)14-3-15-35-28-19-25(31)10-11-27(28)33-29(35)22-6-8-24(30)9-7-22/h2,4-11,18-19,21H,3,12-17H2,1H3,(H,32,36). The number of rotatable bonds is 7. The second kappa shape index (κ2) is 10.8. The molecular formula is C29H30ClFN4O. The minimum atomic E-state index is -0.254. The molecular weight excluding hydrogens is 475 g/mol. The van der Waals surface area contributed by atoms with Crippen molar-refractivity contribution in [2.75, 3.05) is 25.0 Å². The summed E-state index contributed by atoms with van der Waals surface area (Å²) in [4.78, 5) is 18.7. The average Bonchev–Trinajstić information content (AvgIpc) is 3.22. The van der Waals surface area contributed by atoms with Crippen LogP contribution in [0.5, 0.6) is 0 Å². The molecule has 186 valence electrons. The minimum absolute atomic E-state index is 0.0467. The lowest BCUT2D eigenvalue weighted by atomic mass is 9.89. The number of aryl methyl sites for hydroxylation is 1. The van der Waals surface area contributed by atoms with Crippen molar-refractivity contribution in [3.8, 4) is 11.4 Å². The predicted molar refractivity (Wildman–Crippen MR) is 144 cm³/mol. The lowest BCUT2D eigenvalue weighted by Crippen LogP contribution is -2.34. The third-order valence-electron chi connectivity index (χ3n) is 6.93. The van der Waals surface area contributed by atoms with Crippen LogP contribution in [0.2, 0.25) is 5.02 Å². The highest BCUT2D eigenvalue weighted by Gasteiger charge is 2.21. The Labute approximate surface area is 215 Å². The van der Waals surface area contributed by atoms with E-state index in [0.29, 0.717) is 10.9 Å². The van der Waals surface area contributed by atoms with Crippen molar-refractivity contribution < 1.29 is 9.18 Å².